The fraction of sp³-hybridized carbons (Fsp3) is 0.308. The summed E-state index contributed by atoms with van der Waals surface area (Å²) >= 11 is 0. The van der Waals surface area contributed by atoms with Crippen LogP contribution in [0.5, 0.6) is 0 Å². The summed E-state index contributed by atoms with van der Waals surface area (Å²) in [6.45, 7) is 2.96. The number of benzene rings is 1. The van der Waals surface area contributed by atoms with Crippen LogP contribution < -0.4 is 11.1 Å². The predicted molar refractivity (Wildman–Crippen MR) is 68.5 cm³/mol. The molecular formula is C13H16N2O4. The van der Waals surface area contributed by atoms with Crippen molar-refractivity contribution in [2.75, 3.05) is 0 Å². The first-order valence-electron chi connectivity index (χ1n) is 5.66. The monoisotopic (exact) mass is 264 g/mol. The molecule has 1 aromatic rings. The van der Waals surface area contributed by atoms with E-state index in [0.717, 1.165) is 0 Å². The van der Waals surface area contributed by atoms with Crippen molar-refractivity contribution in [3.63, 3.8) is 0 Å². The van der Waals surface area contributed by atoms with Gasteiger partial charge in [0.2, 0.25) is 5.91 Å². The van der Waals surface area contributed by atoms with Gasteiger partial charge >= 0.3 is 5.97 Å². The molecule has 0 heterocycles. The van der Waals surface area contributed by atoms with Gasteiger partial charge in [0.05, 0.1) is 6.42 Å². The van der Waals surface area contributed by atoms with Crippen molar-refractivity contribution < 1.29 is 19.5 Å². The lowest BCUT2D eigenvalue weighted by Gasteiger charge is -2.22. The largest absolute Gasteiger partial charge is 0.481 e. The molecule has 0 aliphatic carbocycles. The summed E-state index contributed by atoms with van der Waals surface area (Å²) in [4.78, 5) is 34.0. The molecule has 0 fully saturated rings. The minimum atomic E-state index is -1.20. The number of hydrogen-bond acceptors (Lipinski definition) is 3. The summed E-state index contributed by atoms with van der Waals surface area (Å²) < 4.78 is 0. The lowest BCUT2D eigenvalue weighted by atomic mass is 10.0. The number of carbonyl (C=O) groups excluding carboxylic acids is 2. The van der Waals surface area contributed by atoms with Gasteiger partial charge in [-0.05, 0) is 25.5 Å². The average Bonchev–Trinajstić information content (AvgIpc) is 2.27. The number of carboxylic acids is 1. The highest BCUT2D eigenvalue weighted by Crippen LogP contribution is 2.12. The van der Waals surface area contributed by atoms with Crippen LogP contribution in [0.2, 0.25) is 0 Å². The minimum absolute atomic E-state index is 0.222. The first-order valence-corrected chi connectivity index (χ1v) is 5.66. The van der Waals surface area contributed by atoms with E-state index in [-0.39, 0.29) is 12.0 Å². The molecule has 2 amide bonds. The van der Waals surface area contributed by atoms with Crippen molar-refractivity contribution in [1.29, 1.82) is 0 Å². The highest BCUT2D eigenvalue weighted by atomic mass is 16.4. The van der Waals surface area contributed by atoms with E-state index in [0.29, 0.717) is 5.56 Å². The Hall–Kier alpha value is -2.37. The zero-order chi connectivity index (χ0) is 14.6. The number of carboxylic acid groups (broad SMARTS) is 1. The first-order chi connectivity index (χ1) is 8.74. The molecule has 4 N–H and O–H groups in total. The van der Waals surface area contributed by atoms with Gasteiger partial charge in [0.25, 0.3) is 5.91 Å². The summed E-state index contributed by atoms with van der Waals surface area (Å²) in [5, 5.41) is 11.3. The van der Waals surface area contributed by atoms with E-state index in [1.54, 1.807) is 18.2 Å². The molecule has 0 aliphatic rings. The van der Waals surface area contributed by atoms with E-state index in [4.69, 9.17) is 10.8 Å². The second kappa shape index (κ2) is 5.51. The maximum absolute atomic E-state index is 12.1. The smallest absolute Gasteiger partial charge is 0.307 e. The quantitative estimate of drug-likeness (QED) is 0.710. The van der Waals surface area contributed by atoms with E-state index in [9.17, 15) is 14.4 Å². The summed E-state index contributed by atoms with van der Waals surface area (Å²) in [7, 11) is 0. The fourth-order valence-corrected chi connectivity index (χ4v) is 1.47. The summed E-state index contributed by atoms with van der Waals surface area (Å²) in [5.74, 6) is -2.23. The molecule has 1 rings (SSSR count). The molecule has 0 saturated carbocycles. The summed E-state index contributed by atoms with van der Waals surface area (Å²) in [5.41, 5.74) is 4.57. The van der Waals surface area contributed by atoms with E-state index < -0.39 is 23.3 Å². The van der Waals surface area contributed by atoms with E-state index in [1.807, 2.05) is 0 Å². The Morgan fingerprint density at radius 2 is 1.84 bits per heavy atom. The van der Waals surface area contributed by atoms with Gasteiger partial charge < -0.3 is 16.2 Å². The van der Waals surface area contributed by atoms with Gasteiger partial charge in [-0.2, -0.15) is 0 Å². The molecule has 102 valence electrons. The molecule has 0 bridgehead atoms. The molecule has 0 spiro atoms. The third kappa shape index (κ3) is 3.80. The number of nitrogens with one attached hydrogen (secondary N) is 1. The highest BCUT2D eigenvalue weighted by Gasteiger charge is 2.28. The van der Waals surface area contributed by atoms with Gasteiger partial charge in [-0.25, -0.2) is 0 Å². The van der Waals surface area contributed by atoms with Crippen LogP contribution >= 0.6 is 0 Å². The first kappa shape index (κ1) is 14.7. The Kier molecular flexibility index (Phi) is 4.26. The maximum atomic E-state index is 12.1. The maximum Gasteiger partial charge on any atom is 0.307 e. The molecule has 6 heteroatoms. The third-order valence-electron chi connectivity index (χ3n) is 2.65. The lowest BCUT2D eigenvalue weighted by Crippen LogP contribution is -2.53. The SMILES string of the molecule is CC(C)(NC(=O)c1ccccc1CC(=O)O)C(N)=O. The van der Waals surface area contributed by atoms with Crippen LogP contribution in [-0.2, 0) is 16.0 Å². The van der Waals surface area contributed by atoms with Crippen molar-refractivity contribution >= 4 is 17.8 Å². The van der Waals surface area contributed by atoms with Crippen molar-refractivity contribution in [3.05, 3.63) is 35.4 Å². The number of primary amides is 1. The van der Waals surface area contributed by atoms with Gasteiger partial charge in [-0.1, -0.05) is 18.2 Å². The normalized spacial score (nSPS) is 10.8. The summed E-state index contributed by atoms with van der Waals surface area (Å²) in [6, 6.07) is 6.33. The second-order valence-electron chi connectivity index (χ2n) is 4.67. The van der Waals surface area contributed by atoms with Gasteiger partial charge in [0.1, 0.15) is 5.54 Å². The highest BCUT2D eigenvalue weighted by molar-refractivity contribution is 6.00. The van der Waals surface area contributed by atoms with Crippen molar-refractivity contribution in [3.8, 4) is 0 Å². The second-order valence-corrected chi connectivity index (χ2v) is 4.67. The van der Waals surface area contributed by atoms with Crippen LogP contribution in [0.15, 0.2) is 24.3 Å². The Morgan fingerprint density at radius 1 is 1.26 bits per heavy atom. The van der Waals surface area contributed by atoms with Crippen LogP contribution in [-0.4, -0.2) is 28.4 Å². The number of aliphatic carboxylic acids is 1. The number of rotatable bonds is 5. The van der Waals surface area contributed by atoms with Crippen molar-refractivity contribution in [2.24, 2.45) is 5.73 Å². The molecule has 6 nitrogen and oxygen atoms in total. The van der Waals surface area contributed by atoms with Crippen LogP contribution in [0.4, 0.5) is 0 Å². The van der Waals surface area contributed by atoms with Gasteiger partial charge in [-0.3, -0.25) is 14.4 Å². The molecule has 0 atom stereocenters. The number of nitrogens with two attached hydrogens (primary N) is 1. The average molecular weight is 264 g/mol. The molecule has 0 radical (unpaired) electrons. The molecule has 0 saturated heterocycles. The fourth-order valence-electron chi connectivity index (χ4n) is 1.47. The zero-order valence-electron chi connectivity index (χ0n) is 10.8. The minimum Gasteiger partial charge on any atom is -0.481 e. The van der Waals surface area contributed by atoms with E-state index in [1.165, 1.54) is 19.9 Å². The van der Waals surface area contributed by atoms with Crippen LogP contribution in [0.3, 0.4) is 0 Å². The molecule has 0 aliphatic heterocycles. The van der Waals surface area contributed by atoms with Crippen LogP contribution in [0.25, 0.3) is 0 Å². The molecule has 1 aromatic carbocycles. The van der Waals surface area contributed by atoms with Crippen molar-refractivity contribution in [2.45, 2.75) is 25.8 Å². The topological polar surface area (TPSA) is 109 Å². The zero-order valence-corrected chi connectivity index (χ0v) is 10.8. The van der Waals surface area contributed by atoms with Gasteiger partial charge in [0.15, 0.2) is 0 Å². The van der Waals surface area contributed by atoms with Crippen molar-refractivity contribution in [1.82, 2.24) is 5.32 Å². The Morgan fingerprint density at radius 3 is 2.37 bits per heavy atom. The molecule has 19 heavy (non-hydrogen) atoms. The molecular weight excluding hydrogens is 248 g/mol. The standard InChI is InChI=1S/C13H16N2O4/c1-13(2,12(14)19)15-11(18)9-6-4-3-5-8(9)7-10(16)17/h3-6H,7H2,1-2H3,(H2,14,19)(H,15,18)(H,16,17). The van der Waals surface area contributed by atoms with Gasteiger partial charge in [-0.15, -0.1) is 0 Å². The number of hydrogen-bond donors (Lipinski definition) is 3. The lowest BCUT2D eigenvalue weighted by molar-refractivity contribution is -0.136. The van der Waals surface area contributed by atoms with Gasteiger partial charge in [0, 0.05) is 5.56 Å². The number of amides is 2. The van der Waals surface area contributed by atoms with E-state index >= 15 is 0 Å². The Labute approximate surface area is 110 Å². The van der Waals surface area contributed by atoms with E-state index in [2.05, 4.69) is 5.32 Å². The Balaban J connectivity index is 3.00. The number of carbonyl (C=O) groups is 3. The predicted octanol–water partition coefficient (Wildman–Crippen LogP) is 0.307. The van der Waals surface area contributed by atoms with Crippen LogP contribution in [0.1, 0.15) is 29.8 Å². The Bertz CT molecular complexity index is 523. The summed E-state index contributed by atoms with van der Waals surface area (Å²) in [6.07, 6.45) is -0.263. The third-order valence-corrected chi connectivity index (χ3v) is 2.65. The molecule has 0 unspecified atom stereocenters. The van der Waals surface area contributed by atoms with Crippen LogP contribution in [0, 0.1) is 0 Å². The molecule has 0 aromatic heterocycles.